The van der Waals surface area contributed by atoms with Gasteiger partial charge in [0.05, 0.1) is 19.0 Å². The lowest BCUT2D eigenvalue weighted by Gasteiger charge is -2.03. The first-order valence-corrected chi connectivity index (χ1v) is 8.64. The van der Waals surface area contributed by atoms with E-state index >= 15 is 0 Å². The number of carbonyl (C=O) groups excluding carboxylic acids is 1. The summed E-state index contributed by atoms with van der Waals surface area (Å²) < 4.78 is 6.72. The van der Waals surface area contributed by atoms with Gasteiger partial charge in [0.2, 0.25) is 0 Å². The predicted octanol–water partition coefficient (Wildman–Crippen LogP) is 2.81. The van der Waals surface area contributed by atoms with Crippen LogP contribution in [-0.2, 0) is 0 Å². The summed E-state index contributed by atoms with van der Waals surface area (Å²) in [6.07, 6.45) is 2.75. The highest BCUT2D eigenvalue weighted by atomic mass is 16.5. The van der Waals surface area contributed by atoms with E-state index in [2.05, 4.69) is 39.9 Å². The number of ether oxygens (including phenoxy) is 1. The number of aromatic nitrogens is 3. The van der Waals surface area contributed by atoms with E-state index in [1.165, 1.54) is 5.56 Å². The van der Waals surface area contributed by atoms with E-state index in [1.807, 2.05) is 30.3 Å². The summed E-state index contributed by atoms with van der Waals surface area (Å²) in [6.45, 7) is 0.661. The third-order valence-electron chi connectivity index (χ3n) is 4.74. The van der Waals surface area contributed by atoms with Crippen LogP contribution in [0.15, 0.2) is 60.8 Å². The largest absolute Gasteiger partial charge is 0.497 e. The summed E-state index contributed by atoms with van der Waals surface area (Å²) in [5, 5.41) is 11.0. The van der Waals surface area contributed by atoms with Crippen LogP contribution in [0.2, 0.25) is 0 Å². The highest BCUT2D eigenvalue weighted by molar-refractivity contribution is 5.91. The standard InChI is InChI=1S/C20H20N4O2/c1-26-17-9-7-16(8-10-17)24-13-19(22-23-24)20(25)21-12-15-11-18(15)14-5-3-2-4-6-14/h2-10,13,15,18H,11-12H2,1H3,(H,21,25)/t15-,18-/m0/s1. The molecular weight excluding hydrogens is 328 g/mol. The van der Waals surface area contributed by atoms with Gasteiger partial charge >= 0.3 is 0 Å². The average Bonchev–Trinajstić information content (AvgIpc) is 3.31. The Morgan fingerprint density at radius 1 is 1.19 bits per heavy atom. The second kappa shape index (κ2) is 7.00. The zero-order valence-corrected chi connectivity index (χ0v) is 14.5. The molecule has 132 valence electrons. The molecular formula is C20H20N4O2. The SMILES string of the molecule is COc1ccc(-n2cc(C(=O)NC[C@@H]3C[C@H]3c3ccccc3)nn2)cc1. The van der Waals surface area contributed by atoms with Gasteiger partial charge in [0.1, 0.15) is 5.75 Å². The number of benzene rings is 2. The van der Waals surface area contributed by atoms with Crippen LogP contribution < -0.4 is 10.1 Å². The van der Waals surface area contributed by atoms with Crippen LogP contribution in [0.3, 0.4) is 0 Å². The summed E-state index contributed by atoms with van der Waals surface area (Å²) in [7, 11) is 1.62. The fraction of sp³-hybridized carbons (Fsp3) is 0.250. The van der Waals surface area contributed by atoms with Crippen LogP contribution in [0.4, 0.5) is 0 Å². The number of hydrogen-bond donors (Lipinski definition) is 1. The number of hydrogen-bond acceptors (Lipinski definition) is 4. The minimum Gasteiger partial charge on any atom is -0.497 e. The van der Waals surface area contributed by atoms with Crippen molar-refractivity contribution in [2.75, 3.05) is 13.7 Å². The highest BCUT2D eigenvalue weighted by Gasteiger charge is 2.38. The molecule has 2 atom stereocenters. The zero-order chi connectivity index (χ0) is 17.9. The Bertz CT molecular complexity index is 890. The molecule has 0 spiro atoms. The molecule has 1 aliphatic carbocycles. The van der Waals surface area contributed by atoms with Crippen molar-refractivity contribution in [3.63, 3.8) is 0 Å². The Balaban J connectivity index is 1.34. The van der Waals surface area contributed by atoms with Crippen LogP contribution in [0, 0.1) is 5.92 Å². The number of nitrogens with one attached hydrogen (secondary N) is 1. The monoisotopic (exact) mass is 348 g/mol. The molecule has 1 heterocycles. The average molecular weight is 348 g/mol. The first-order valence-electron chi connectivity index (χ1n) is 8.64. The van der Waals surface area contributed by atoms with Crippen molar-refractivity contribution < 1.29 is 9.53 Å². The molecule has 6 nitrogen and oxygen atoms in total. The van der Waals surface area contributed by atoms with Gasteiger partial charge in [-0.2, -0.15) is 0 Å². The van der Waals surface area contributed by atoms with Crippen molar-refractivity contribution in [3.8, 4) is 11.4 Å². The van der Waals surface area contributed by atoms with E-state index in [-0.39, 0.29) is 5.91 Å². The quantitative estimate of drug-likeness (QED) is 0.744. The molecule has 3 aromatic rings. The lowest BCUT2D eigenvalue weighted by atomic mass is 10.1. The topological polar surface area (TPSA) is 69.0 Å². The fourth-order valence-electron chi connectivity index (χ4n) is 3.13. The molecule has 0 aliphatic heterocycles. The molecule has 4 rings (SSSR count). The van der Waals surface area contributed by atoms with Crippen molar-refractivity contribution in [2.45, 2.75) is 12.3 Å². The van der Waals surface area contributed by atoms with E-state index in [0.29, 0.717) is 24.1 Å². The molecule has 0 bridgehead atoms. The number of rotatable bonds is 6. The summed E-state index contributed by atoms with van der Waals surface area (Å²) in [5.74, 6) is 1.62. The minimum atomic E-state index is -0.191. The van der Waals surface area contributed by atoms with Gasteiger partial charge in [-0.1, -0.05) is 35.5 Å². The molecule has 1 amide bonds. The molecule has 1 fully saturated rings. The molecule has 2 aromatic carbocycles. The van der Waals surface area contributed by atoms with Crippen LogP contribution in [-0.4, -0.2) is 34.6 Å². The third-order valence-corrected chi connectivity index (χ3v) is 4.74. The molecule has 0 saturated heterocycles. The Hall–Kier alpha value is -3.15. The van der Waals surface area contributed by atoms with E-state index in [0.717, 1.165) is 17.9 Å². The minimum absolute atomic E-state index is 0.191. The Morgan fingerprint density at radius 2 is 1.96 bits per heavy atom. The molecule has 1 aliphatic rings. The number of carbonyl (C=O) groups is 1. The highest BCUT2D eigenvalue weighted by Crippen LogP contribution is 2.46. The normalized spacial score (nSPS) is 18.3. The third kappa shape index (κ3) is 3.44. The second-order valence-electron chi connectivity index (χ2n) is 6.47. The van der Waals surface area contributed by atoms with Gasteiger partial charge in [-0.3, -0.25) is 4.79 Å². The van der Waals surface area contributed by atoms with Gasteiger partial charge in [0.15, 0.2) is 5.69 Å². The molecule has 26 heavy (non-hydrogen) atoms. The summed E-state index contributed by atoms with van der Waals surface area (Å²) in [5.41, 5.74) is 2.48. The molecule has 0 unspecified atom stereocenters. The summed E-state index contributed by atoms with van der Waals surface area (Å²) in [6, 6.07) is 17.8. The van der Waals surface area contributed by atoms with Gasteiger partial charge < -0.3 is 10.1 Å². The molecule has 1 saturated carbocycles. The number of nitrogens with zero attached hydrogens (tertiary/aromatic N) is 3. The number of amides is 1. The van der Waals surface area contributed by atoms with Gasteiger partial charge in [-0.15, -0.1) is 5.10 Å². The second-order valence-corrected chi connectivity index (χ2v) is 6.47. The van der Waals surface area contributed by atoms with Gasteiger partial charge in [-0.25, -0.2) is 4.68 Å². The molecule has 6 heteroatoms. The fourth-order valence-corrected chi connectivity index (χ4v) is 3.13. The Morgan fingerprint density at radius 3 is 2.69 bits per heavy atom. The van der Waals surface area contributed by atoms with Gasteiger partial charge in [-0.05, 0) is 48.1 Å². The van der Waals surface area contributed by atoms with Crippen LogP contribution >= 0.6 is 0 Å². The molecule has 0 radical (unpaired) electrons. The maximum atomic E-state index is 12.3. The summed E-state index contributed by atoms with van der Waals surface area (Å²) in [4.78, 5) is 12.3. The smallest absolute Gasteiger partial charge is 0.273 e. The van der Waals surface area contributed by atoms with E-state index in [4.69, 9.17) is 4.74 Å². The van der Waals surface area contributed by atoms with Crippen molar-refractivity contribution in [2.24, 2.45) is 5.92 Å². The number of methoxy groups -OCH3 is 1. The van der Waals surface area contributed by atoms with E-state index in [9.17, 15) is 4.79 Å². The predicted molar refractivity (Wildman–Crippen MR) is 97.5 cm³/mol. The summed E-state index contributed by atoms with van der Waals surface area (Å²) >= 11 is 0. The van der Waals surface area contributed by atoms with Gasteiger partial charge in [0.25, 0.3) is 5.91 Å². The molecule has 1 aromatic heterocycles. The maximum absolute atomic E-state index is 12.3. The lowest BCUT2D eigenvalue weighted by Crippen LogP contribution is -2.26. The van der Waals surface area contributed by atoms with Crippen LogP contribution in [0.1, 0.15) is 28.4 Å². The van der Waals surface area contributed by atoms with Crippen molar-refractivity contribution in [3.05, 3.63) is 72.1 Å². The van der Waals surface area contributed by atoms with E-state index in [1.54, 1.807) is 18.0 Å². The maximum Gasteiger partial charge on any atom is 0.273 e. The van der Waals surface area contributed by atoms with Crippen molar-refractivity contribution >= 4 is 5.91 Å². The van der Waals surface area contributed by atoms with Crippen LogP contribution in [0.25, 0.3) is 5.69 Å². The van der Waals surface area contributed by atoms with E-state index < -0.39 is 0 Å². The molecule has 1 N–H and O–H groups in total. The Labute approximate surface area is 151 Å². The van der Waals surface area contributed by atoms with Gasteiger partial charge in [0, 0.05) is 6.54 Å². The Kier molecular flexibility index (Phi) is 4.39. The van der Waals surface area contributed by atoms with Crippen molar-refractivity contribution in [1.29, 1.82) is 0 Å². The first-order chi connectivity index (χ1) is 12.7. The zero-order valence-electron chi connectivity index (χ0n) is 14.5. The first kappa shape index (κ1) is 16.3. The van der Waals surface area contributed by atoms with Crippen LogP contribution in [0.5, 0.6) is 5.75 Å². The van der Waals surface area contributed by atoms with Crippen molar-refractivity contribution in [1.82, 2.24) is 20.3 Å². The lowest BCUT2D eigenvalue weighted by molar-refractivity contribution is 0.0946.